The molecule has 0 saturated carbocycles. The van der Waals surface area contributed by atoms with E-state index in [1.807, 2.05) is 93.6 Å². The van der Waals surface area contributed by atoms with Gasteiger partial charge in [-0.25, -0.2) is 0 Å². The number of hydrogen-bond donors (Lipinski definition) is 0. The van der Waals surface area contributed by atoms with Crippen LogP contribution in [0.2, 0.25) is 0 Å². The van der Waals surface area contributed by atoms with E-state index in [0.717, 1.165) is 16.9 Å². The van der Waals surface area contributed by atoms with E-state index in [1.165, 1.54) is 5.56 Å². The average molecular weight is 583 g/mol. The molecule has 0 aliphatic carbocycles. The third kappa shape index (κ3) is 7.51. The Morgan fingerprint density at radius 1 is 0.432 bits per heavy atom. The third-order valence-electron chi connectivity index (χ3n) is 7.24. The van der Waals surface area contributed by atoms with Crippen LogP contribution in [-0.2, 0) is 5.41 Å². The summed E-state index contributed by atoms with van der Waals surface area (Å²) in [6.07, 6.45) is 0. The molecule has 0 aliphatic heterocycles. The van der Waals surface area contributed by atoms with Gasteiger partial charge in [0.25, 0.3) is 0 Å². The molecule has 4 heteroatoms. The Balaban J connectivity index is 1.19. The Hall–Kier alpha value is -4.96. The van der Waals surface area contributed by atoms with Gasteiger partial charge in [-0.3, -0.25) is 9.59 Å². The molecule has 0 saturated heterocycles. The molecule has 0 N–H and O–H groups in total. The Bertz CT molecular complexity index is 1730. The van der Waals surface area contributed by atoms with Crippen LogP contribution in [0.25, 0.3) is 11.1 Å². The molecule has 0 aliphatic rings. The molecule has 4 nitrogen and oxygen atoms in total. The fourth-order valence-corrected chi connectivity index (χ4v) is 4.82. The summed E-state index contributed by atoms with van der Waals surface area (Å²) in [6.45, 7) is 12.5. The van der Waals surface area contributed by atoms with Crippen molar-refractivity contribution in [3.63, 3.8) is 0 Å². The number of ketones is 2. The summed E-state index contributed by atoms with van der Waals surface area (Å²) in [4.78, 5) is 26.1. The van der Waals surface area contributed by atoms with Gasteiger partial charge in [0.05, 0.1) is 0 Å². The Labute approximate surface area is 260 Å². The highest BCUT2D eigenvalue weighted by atomic mass is 16.5. The summed E-state index contributed by atoms with van der Waals surface area (Å²) in [5.74, 6) is 1.99. The van der Waals surface area contributed by atoms with Gasteiger partial charge < -0.3 is 9.47 Å². The highest BCUT2D eigenvalue weighted by Crippen LogP contribution is 2.29. The second-order valence-electron chi connectivity index (χ2n) is 13.0. The molecule has 222 valence electrons. The SMILES string of the molecule is CC(C)(C)Oc1ccc(-c2ccc(Oc3ccc(C(=O)c4ccc(C(=O)c5ccc(C(C)(C)C)cc5)cc4)cc3)cc2)cc1. The number of rotatable bonds is 8. The van der Waals surface area contributed by atoms with E-state index >= 15 is 0 Å². The topological polar surface area (TPSA) is 52.6 Å². The molecule has 0 amide bonds. The van der Waals surface area contributed by atoms with Gasteiger partial charge in [0, 0.05) is 22.3 Å². The van der Waals surface area contributed by atoms with E-state index in [4.69, 9.17) is 9.47 Å². The van der Waals surface area contributed by atoms with Crippen LogP contribution in [0, 0.1) is 0 Å². The molecule has 5 aromatic rings. The van der Waals surface area contributed by atoms with Crippen LogP contribution in [0.4, 0.5) is 0 Å². The molecule has 0 radical (unpaired) electrons. The van der Waals surface area contributed by atoms with Gasteiger partial charge >= 0.3 is 0 Å². The van der Waals surface area contributed by atoms with Crippen molar-refractivity contribution in [2.45, 2.75) is 52.6 Å². The van der Waals surface area contributed by atoms with Crippen LogP contribution in [-0.4, -0.2) is 17.2 Å². The fraction of sp³-hybridized carbons (Fsp3) is 0.200. The van der Waals surface area contributed by atoms with Gasteiger partial charge in [-0.2, -0.15) is 0 Å². The lowest BCUT2D eigenvalue weighted by Crippen LogP contribution is -2.22. The largest absolute Gasteiger partial charge is 0.488 e. The smallest absolute Gasteiger partial charge is 0.193 e. The Kier molecular flexibility index (Phi) is 8.55. The van der Waals surface area contributed by atoms with Gasteiger partial charge in [0.2, 0.25) is 0 Å². The summed E-state index contributed by atoms with van der Waals surface area (Å²) in [5, 5.41) is 0. The number of carbonyl (C=O) groups is 2. The standard InChI is InChI=1S/C40H38O4/c1-39(2,3)33-19-11-31(12-20-33)37(41)29-7-9-30(10-8-29)38(42)32-17-23-35(24-18-32)43-34-21-13-27(14-22-34)28-15-25-36(26-16-28)44-40(4,5)6/h7-26H,1-6H3. The maximum atomic E-state index is 13.1. The van der Waals surface area contributed by atoms with Gasteiger partial charge in [0.1, 0.15) is 22.8 Å². The molecule has 0 bridgehead atoms. The van der Waals surface area contributed by atoms with E-state index in [0.29, 0.717) is 33.8 Å². The molecular formula is C40H38O4. The summed E-state index contributed by atoms with van der Waals surface area (Å²) in [6, 6.07) is 37.6. The van der Waals surface area contributed by atoms with Crippen molar-refractivity contribution in [1.82, 2.24) is 0 Å². The van der Waals surface area contributed by atoms with Crippen LogP contribution in [0.1, 0.15) is 78.9 Å². The molecule has 0 spiro atoms. The molecule has 0 fully saturated rings. The molecular weight excluding hydrogens is 544 g/mol. The first kappa shape index (κ1) is 30.5. The minimum absolute atomic E-state index is 0.0237. The maximum Gasteiger partial charge on any atom is 0.193 e. The van der Waals surface area contributed by atoms with E-state index in [1.54, 1.807) is 48.5 Å². The fourth-order valence-electron chi connectivity index (χ4n) is 4.82. The first-order valence-electron chi connectivity index (χ1n) is 14.8. The van der Waals surface area contributed by atoms with E-state index in [-0.39, 0.29) is 22.6 Å². The normalized spacial score (nSPS) is 11.6. The molecule has 0 heterocycles. The van der Waals surface area contributed by atoms with Crippen molar-refractivity contribution in [2.24, 2.45) is 0 Å². The summed E-state index contributed by atoms with van der Waals surface area (Å²) < 4.78 is 11.9. The van der Waals surface area contributed by atoms with Crippen LogP contribution in [0.15, 0.2) is 121 Å². The van der Waals surface area contributed by atoms with Crippen molar-refractivity contribution in [3.8, 4) is 28.4 Å². The average Bonchev–Trinajstić information content (AvgIpc) is 3.00. The molecule has 0 unspecified atom stereocenters. The predicted octanol–water partition coefficient (Wildman–Crippen LogP) is 10.1. The van der Waals surface area contributed by atoms with Crippen molar-refractivity contribution in [3.05, 3.63) is 149 Å². The van der Waals surface area contributed by atoms with Gasteiger partial charge in [-0.15, -0.1) is 0 Å². The Morgan fingerprint density at radius 3 is 1.11 bits per heavy atom. The van der Waals surface area contributed by atoms with Crippen molar-refractivity contribution >= 4 is 11.6 Å². The first-order valence-corrected chi connectivity index (χ1v) is 14.8. The maximum absolute atomic E-state index is 13.1. The Morgan fingerprint density at radius 2 is 0.750 bits per heavy atom. The third-order valence-corrected chi connectivity index (χ3v) is 7.24. The zero-order valence-corrected chi connectivity index (χ0v) is 26.2. The van der Waals surface area contributed by atoms with Crippen molar-refractivity contribution in [1.29, 1.82) is 0 Å². The van der Waals surface area contributed by atoms with Crippen LogP contribution >= 0.6 is 0 Å². The van der Waals surface area contributed by atoms with E-state index in [2.05, 4.69) is 20.8 Å². The summed E-state index contributed by atoms with van der Waals surface area (Å²) >= 11 is 0. The molecule has 44 heavy (non-hydrogen) atoms. The second-order valence-corrected chi connectivity index (χ2v) is 13.0. The highest BCUT2D eigenvalue weighted by Gasteiger charge is 2.16. The van der Waals surface area contributed by atoms with Gasteiger partial charge in [-0.05, 0) is 91.4 Å². The number of benzene rings is 5. The van der Waals surface area contributed by atoms with Gasteiger partial charge in [-0.1, -0.05) is 93.6 Å². The number of carbonyl (C=O) groups excluding carboxylic acids is 2. The first-order chi connectivity index (χ1) is 20.9. The van der Waals surface area contributed by atoms with Crippen LogP contribution < -0.4 is 9.47 Å². The summed E-state index contributed by atoms with van der Waals surface area (Å²) in [5.41, 5.74) is 5.37. The summed E-state index contributed by atoms with van der Waals surface area (Å²) in [7, 11) is 0. The predicted molar refractivity (Wildman–Crippen MR) is 177 cm³/mol. The van der Waals surface area contributed by atoms with Crippen molar-refractivity contribution < 1.29 is 19.1 Å². The van der Waals surface area contributed by atoms with Gasteiger partial charge in [0.15, 0.2) is 11.6 Å². The zero-order valence-electron chi connectivity index (χ0n) is 26.2. The minimum atomic E-state index is -0.237. The highest BCUT2D eigenvalue weighted by molar-refractivity contribution is 6.11. The zero-order chi connectivity index (χ0) is 31.5. The lowest BCUT2D eigenvalue weighted by Gasteiger charge is -2.21. The van der Waals surface area contributed by atoms with Crippen molar-refractivity contribution in [2.75, 3.05) is 0 Å². The minimum Gasteiger partial charge on any atom is -0.488 e. The van der Waals surface area contributed by atoms with Crippen LogP contribution in [0.5, 0.6) is 17.2 Å². The molecule has 0 aromatic heterocycles. The molecule has 0 atom stereocenters. The number of hydrogen-bond acceptors (Lipinski definition) is 4. The van der Waals surface area contributed by atoms with Crippen LogP contribution in [0.3, 0.4) is 0 Å². The monoisotopic (exact) mass is 582 g/mol. The molecule has 5 aromatic carbocycles. The lowest BCUT2D eigenvalue weighted by atomic mass is 9.86. The number of ether oxygens (including phenoxy) is 2. The van der Waals surface area contributed by atoms with E-state index in [9.17, 15) is 9.59 Å². The lowest BCUT2D eigenvalue weighted by molar-refractivity contribution is 0.102. The van der Waals surface area contributed by atoms with E-state index < -0.39 is 0 Å². The molecule has 5 rings (SSSR count). The second kappa shape index (κ2) is 12.3. The quantitative estimate of drug-likeness (QED) is 0.171.